The third-order valence-electron chi connectivity index (χ3n) is 1.56. The fraction of sp³-hybridized carbons (Fsp3) is 0.417. The molecule has 0 aromatic rings. The Morgan fingerprint density at radius 1 is 1.50 bits per heavy atom. The zero-order chi connectivity index (χ0) is 12.2. The van der Waals surface area contributed by atoms with Crippen LogP contribution in [0.1, 0.15) is 6.92 Å². The molecule has 0 fully saturated rings. The van der Waals surface area contributed by atoms with Crippen molar-refractivity contribution in [2.45, 2.75) is 13.0 Å². The first-order valence-corrected chi connectivity index (χ1v) is 5.04. The summed E-state index contributed by atoms with van der Waals surface area (Å²) in [6, 6.07) is 0. The molecule has 0 saturated carbocycles. The topological polar surface area (TPSA) is 55.8 Å². The SMILES string of the molecule is C=CCOCC(CO)OC(=O)/C=C/C=C/C. The van der Waals surface area contributed by atoms with E-state index in [1.165, 1.54) is 6.08 Å². The minimum absolute atomic E-state index is 0.158. The van der Waals surface area contributed by atoms with Crippen LogP contribution in [0.2, 0.25) is 0 Å². The van der Waals surface area contributed by atoms with Gasteiger partial charge in [-0.25, -0.2) is 4.79 Å². The highest BCUT2D eigenvalue weighted by Gasteiger charge is 2.11. The van der Waals surface area contributed by atoms with Crippen molar-refractivity contribution in [3.8, 4) is 0 Å². The minimum atomic E-state index is -0.636. The Hall–Kier alpha value is -1.39. The van der Waals surface area contributed by atoms with Crippen molar-refractivity contribution in [2.75, 3.05) is 19.8 Å². The summed E-state index contributed by atoms with van der Waals surface area (Å²) in [6.45, 7) is 5.58. The summed E-state index contributed by atoms with van der Waals surface area (Å²) in [5.74, 6) is -0.501. The summed E-state index contributed by atoms with van der Waals surface area (Å²) in [4.78, 5) is 11.2. The van der Waals surface area contributed by atoms with E-state index in [4.69, 9.17) is 14.6 Å². The molecule has 0 spiro atoms. The van der Waals surface area contributed by atoms with Crippen molar-refractivity contribution in [2.24, 2.45) is 0 Å². The van der Waals surface area contributed by atoms with Gasteiger partial charge in [0.2, 0.25) is 0 Å². The molecular formula is C12H18O4. The van der Waals surface area contributed by atoms with Crippen LogP contribution in [0.25, 0.3) is 0 Å². The summed E-state index contributed by atoms with van der Waals surface area (Å²) >= 11 is 0. The van der Waals surface area contributed by atoms with Gasteiger partial charge >= 0.3 is 5.97 Å². The van der Waals surface area contributed by atoms with E-state index in [9.17, 15) is 4.79 Å². The van der Waals surface area contributed by atoms with Crippen LogP contribution in [-0.2, 0) is 14.3 Å². The van der Waals surface area contributed by atoms with E-state index >= 15 is 0 Å². The molecule has 0 bridgehead atoms. The summed E-state index contributed by atoms with van der Waals surface area (Å²) in [7, 11) is 0. The maximum absolute atomic E-state index is 11.2. The molecule has 0 amide bonds. The van der Waals surface area contributed by atoms with Crippen molar-refractivity contribution < 1.29 is 19.4 Å². The summed E-state index contributed by atoms with van der Waals surface area (Å²) in [5.41, 5.74) is 0. The fourth-order valence-corrected chi connectivity index (χ4v) is 0.856. The third kappa shape index (κ3) is 7.96. The van der Waals surface area contributed by atoms with Crippen molar-refractivity contribution >= 4 is 5.97 Å². The van der Waals surface area contributed by atoms with Crippen molar-refractivity contribution in [3.05, 3.63) is 37.0 Å². The maximum Gasteiger partial charge on any atom is 0.331 e. The standard InChI is InChI=1S/C12H18O4/c1-3-5-6-7-12(14)16-11(9-13)10-15-8-4-2/h3-7,11,13H,2,8-10H2,1H3/b5-3+,7-6+. The van der Waals surface area contributed by atoms with Crippen LogP contribution < -0.4 is 0 Å². The van der Waals surface area contributed by atoms with Crippen LogP contribution >= 0.6 is 0 Å². The number of carbonyl (C=O) groups excluding carboxylic acids is 1. The molecule has 0 aliphatic rings. The molecule has 0 aromatic heterocycles. The van der Waals surface area contributed by atoms with Gasteiger partial charge in [-0.3, -0.25) is 0 Å². The second-order valence-electron chi connectivity index (χ2n) is 2.95. The van der Waals surface area contributed by atoms with Crippen LogP contribution in [0.15, 0.2) is 37.0 Å². The number of carbonyl (C=O) groups is 1. The second kappa shape index (κ2) is 10.1. The number of rotatable bonds is 8. The fourth-order valence-electron chi connectivity index (χ4n) is 0.856. The molecule has 1 atom stereocenters. The van der Waals surface area contributed by atoms with Gasteiger partial charge in [0.05, 0.1) is 19.8 Å². The highest BCUT2D eigenvalue weighted by molar-refractivity contribution is 5.82. The summed E-state index contributed by atoms with van der Waals surface area (Å²) in [6.07, 6.45) is 7.31. The minimum Gasteiger partial charge on any atom is -0.454 e. The molecule has 0 saturated heterocycles. The monoisotopic (exact) mass is 226 g/mol. The second-order valence-corrected chi connectivity index (χ2v) is 2.95. The zero-order valence-electron chi connectivity index (χ0n) is 9.46. The van der Waals surface area contributed by atoms with Gasteiger partial charge in [0.15, 0.2) is 0 Å². The molecule has 0 aliphatic carbocycles. The quantitative estimate of drug-likeness (QED) is 0.222. The van der Waals surface area contributed by atoms with Gasteiger partial charge in [-0.15, -0.1) is 6.58 Å². The molecule has 0 radical (unpaired) electrons. The largest absolute Gasteiger partial charge is 0.454 e. The number of hydrogen-bond donors (Lipinski definition) is 1. The first-order chi connectivity index (χ1) is 7.74. The smallest absolute Gasteiger partial charge is 0.331 e. The van der Waals surface area contributed by atoms with E-state index in [-0.39, 0.29) is 13.2 Å². The van der Waals surface area contributed by atoms with Gasteiger partial charge < -0.3 is 14.6 Å². The van der Waals surface area contributed by atoms with Crippen LogP contribution in [0.5, 0.6) is 0 Å². The lowest BCUT2D eigenvalue weighted by molar-refractivity contribution is -0.148. The average Bonchev–Trinajstić information content (AvgIpc) is 2.28. The molecule has 1 N–H and O–H groups in total. The zero-order valence-corrected chi connectivity index (χ0v) is 9.46. The van der Waals surface area contributed by atoms with Gasteiger partial charge in [0.25, 0.3) is 0 Å². The molecule has 4 nitrogen and oxygen atoms in total. The Morgan fingerprint density at radius 2 is 2.25 bits per heavy atom. The van der Waals surface area contributed by atoms with Crippen LogP contribution in [0.4, 0.5) is 0 Å². The molecule has 4 heteroatoms. The lowest BCUT2D eigenvalue weighted by Crippen LogP contribution is -2.26. The molecule has 90 valence electrons. The first-order valence-electron chi connectivity index (χ1n) is 5.04. The molecule has 1 unspecified atom stereocenters. The number of aliphatic hydroxyl groups is 1. The third-order valence-corrected chi connectivity index (χ3v) is 1.56. The van der Waals surface area contributed by atoms with Crippen molar-refractivity contribution in [3.63, 3.8) is 0 Å². The van der Waals surface area contributed by atoms with Crippen molar-refractivity contribution in [1.82, 2.24) is 0 Å². The van der Waals surface area contributed by atoms with E-state index < -0.39 is 12.1 Å². The van der Waals surface area contributed by atoms with E-state index in [1.54, 1.807) is 24.3 Å². The number of ether oxygens (including phenoxy) is 2. The Kier molecular flexibility index (Phi) is 9.26. The van der Waals surface area contributed by atoms with Crippen LogP contribution in [0.3, 0.4) is 0 Å². The number of esters is 1. The van der Waals surface area contributed by atoms with Crippen molar-refractivity contribution in [1.29, 1.82) is 0 Å². The highest BCUT2D eigenvalue weighted by atomic mass is 16.6. The molecular weight excluding hydrogens is 208 g/mol. The molecule has 0 aromatic carbocycles. The van der Waals surface area contributed by atoms with Gasteiger partial charge in [0, 0.05) is 6.08 Å². The molecule has 0 rings (SSSR count). The number of allylic oxidation sites excluding steroid dienone is 3. The van der Waals surface area contributed by atoms with Gasteiger partial charge in [-0.2, -0.15) is 0 Å². The predicted octanol–water partition coefficient (Wildman–Crippen LogP) is 1.23. The van der Waals surface area contributed by atoms with E-state index in [1.807, 2.05) is 6.92 Å². The predicted molar refractivity (Wildman–Crippen MR) is 61.9 cm³/mol. The van der Waals surface area contributed by atoms with Crippen LogP contribution in [-0.4, -0.2) is 37.0 Å². The number of hydrogen-bond acceptors (Lipinski definition) is 4. The lowest BCUT2D eigenvalue weighted by Gasteiger charge is -2.13. The Morgan fingerprint density at radius 3 is 2.81 bits per heavy atom. The van der Waals surface area contributed by atoms with E-state index in [0.29, 0.717) is 6.61 Å². The summed E-state index contributed by atoms with van der Waals surface area (Å²) < 4.78 is 9.99. The maximum atomic E-state index is 11.2. The molecule has 0 aliphatic heterocycles. The summed E-state index contributed by atoms with van der Waals surface area (Å²) in [5, 5.41) is 8.92. The molecule has 16 heavy (non-hydrogen) atoms. The Bertz CT molecular complexity index is 256. The Balaban J connectivity index is 3.91. The number of aliphatic hydroxyl groups excluding tert-OH is 1. The first kappa shape index (κ1) is 14.6. The lowest BCUT2D eigenvalue weighted by atomic mass is 10.4. The molecule has 0 heterocycles. The van der Waals surface area contributed by atoms with Crippen LogP contribution in [0, 0.1) is 0 Å². The van der Waals surface area contributed by atoms with E-state index in [0.717, 1.165) is 0 Å². The average molecular weight is 226 g/mol. The normalized spacial score (nSPS) is 13.1. The van der Waals surface area contributed by atoms with Gasteiger partial charge in [-0.05, 0) is 6.92 Å². The van der Waals surface area contributed by atoms with Gasteiger partial charge in [0.1, 0.15) is 6.10 Å². The van der Waals surface area contributed by atoms with Gasteiger partial charge in [-0.1, -0.05) is 24.3 Å². The Labute approximate surface area is 95.9 Å². The highest BCUT2D eigenvalue weighted by Crippen LogP contribution is 1.95. The van der Waals surface area contributed by atoms with E-state index in [2.05, 4.69) is 6.58 Å².